The van der Waals surface area contributed by atoms with Crippen molar-refractivity contribution in [3.05, 3.63) is 0 Å². The van der Waals surface area contributed by atoms with E-state index in [1.165, 1.54) is 6.92 Å². The minimum Gasteiger partial charge on any atom is -0.366 e. The summed E-state index contributed by atoms with van der Waals surface area (Å²) in [6, 6.07) is 0.0945. The van der Waals surface area contributed by atoms with Gasteiger partial charge >= 0.3 is 5.97 Å². The number of hydrogen-bond donors (Lipinski definition) is 1. The first-order chi connectivity index (χ1) is 9.25. The number of rotatable bonds is 2. The van der Waals surface area contributed by atoms with E-state index in [1.54, 1.807) is 0 Å². The molecule has 1 N–H and O–H groups in total. The van der Waals surface area contributed by atoms with E-state index >= 15 is 0 Å². The van der Waals surface area contributed by atoms with Crippen LogP contribution in [0, 0.1) is 5.41 Å². The normalized spacial score (nSPS) is 22.7. The largest absolute Gasteiger partial charge is 0.366 e. The minimum atomic E-state index is -0.541. The summed E-state index contributed by atoms with van der Waals surface area (Å²) in [5.74, 6) is -0.256. The number of carbonyl (C=O) groups is 2. The van der Waals surface area contributed by atoms with Gasteiger partial charge in [-0.15, -0.1) is 5.06 Å². The zero-order chi connectivity index (χ0) is 16.6. The fourth-order valence-corrected chi connectivity index (χ4v) is 3.12. The van der Waals surface area contributed by atoms with E-state index in [2.05, 4.69) is 5.32 Å². The van der Waals surface area contributed by atoms with Crippen LogP contribution in [0.3, 0.4) is 0 Å². The zero-order valence-electron chi connectivity index (χ0n) is 14.7. The highest BCUT2D eigenvalue weighted by Gasteiger charge is 2.49. The molecule has 0 aromatic heterocycles. The van der Waals surface area contributed by atoms with Crippen LogP contribution in [0.15, 0.2) is 0 Å². The van der Waals surface area contributed by atoms with Gasteiger partial charge in [-0.05, 0) is 61.3 Å². The number of hydrogen-bond acceptors (Lipinski definition) is 4. The van der Waals surface area contributed by atoms with E-state index in [1.807, 2.05) is 53.5 Å². The fraction of sp³-hybridized carbons (Fsp3) is 0.875. The van der Waals surface area contributed by atoms with Crippen molar-refractivity contribution in [3.63, 3.8) is 0 Å². The van der Waals surface area contributed by atoms with Crippen molar-refractivity contribution in [2.75, 3.05) is 0 Å². The van der Waals surface area contributed by atoms with Gasteiger partial charge in [-0.25, -0.2) is 4.79 Å². The van der Waals surface area contributed by atoms with Crippen LogP contribution in [-0.2, 0) is 14.4 Å². The van der Waals surface area contributed by atoms with Gasteiger partial charge in [0.15, 0.2) is 0 Å². The van der Waals surface area contributed by atoms with Gasteiger partial charge in [-0.2, -0.15) is 0 Å². The van der Waals surface area contributed by atoms with Crippen molar-refractivity contribution in [3.8, 4) is 0 Å². The summed E-state index contributed by atoms with van der Waals surface area (Å²) in [5, 5.41) is 4.80. The maximum atomic E-state index is 12.2. The first kappa shape index (κ1) is 18.0. The van der Waals surface area contributed by atoms with Crippen molar-refractivity contribution in [1.82, 2.24) is 10.4 Å². The van der Waals surface area contributed by atoms with Gasteiger partial charge in [-0.3, -0.25) is 4.79 Å². The molecule has 1 amide bonds. The highest BCUT2D eigenvalue weighted by atomic mass is 16.7. The molecule has 1 saturated heterocycles. The van der Waals surface area contributed by atoms with Gasteiger partial charge in [0.25, 0.3) is 0 Å². The molecular weight excluding hydrogens is 268 g/mol. The molecule has 0 spiro atoms. The Bertz CT molecular complexity index is 404. The van der Waals surface area contributed by atoms with Crippen molar-refractivity contribution >= 4 is 11.9 Å². The number of carbonyl (C=O) groups excluding carboxylic acids is 2. The van der Waals surface area contributed by atoms with E-state index < -0.39 is 5.41 Å². The van der Waals surface area contributed by atoms with Crippen molar-refractivity contribution in [1.29, 1.82) is 0 Å². The Kier molecular flexibility index (Phi) is 4.78. The van der Waals surface area contributed by atoms with Crippen LogP contribution in [0.25, 0.3) is 0 Å². The van der Waals surface area contributed by atoms with Crippen LogP contribution >= 0.6 is 0 Å². The van der Waals surface area contributed by atoms with E-state index in [9.17, 15) is 9.59 Å². The molecule has 0 aliphatic carbocycles. The first-order valence-electron chi connectivity index (χ1n) is 7.55. The lowest BCUT2D eigenvalue weighted by molar-refractivity contribution is -0.274. The predicted octanol–water partition coefficient (Wildman–Crippen LogP) is 2.65. The summed E-state index contributed by atoms with van der Waals surface area (Å²) in [6.45, 7) is 15.2. The molecule has 0 atom stereocenters. The summed E-state index contributed by atoms with van der Waals surface area (Å²) in [7, 11) is 0. The molecule has 0 bridgehead atoms. The van der Waals surface area contributed by atoms with Gasteiger partial charge in [0.1, 0.15) is 0 Å². The van der Waals surface area contributed by atoms with Crippen molar-refractivity contribution < 1.29 is 14.4 Å². The average Bonchev–Trinajstić information content (AvgIpc) is 2.19. The molecule has 5 nitrogen and oxygen atoms in total. The van der Waals surface area contributed by atoms with Crippen LogP contribution < -0.4 is 5.32 Å². The molecule has 1 fully saturated rings. The fourth-order valence-electron chi connectivity index (χ4n) is 3.12. The van der Waals surface area contributed by atoms with Crippen LogP contribution in [0.2, 0.25) is 0 Å². The Labute approximate surface area is 128 Å². The predicted molar refractivity (Wildman–Crippen MR) is 82.4 cm³/mol. The Morgan fingerprint density at radius 1 is 1.10 bits per heavy atom. The Morgan fingerprint density at radius 2 is 1.52 bits per heavy atom. The summed E-state index contributed by atoms with van der Waals surface area (Å²) in [4.78, 5) is 29.3. The Morgan fingerprint density at radius 3 is 1.86 bits per heavy atom. The van der Waals surface area contributed by atoms with Crippen LogP contribution in [-0.4, -0.2) is 34.1 Å². The summed E-state index contributed by atoms with van der Waals surface area (Å²) in [5.41, 5.74) is -1.22. The second-order valence-electron chi connectivity index (χ2n) is 8.35. The Hall–Kier alpha value is -1.10. The van der Waals surface area contributed by atoms with E-state index in [0.29, 0.717) is 0 Å². The average molecular weight is 298 g/mol. The first-order valence-corrected chi connectivity index (χ1v) is 7.55. The second kappa shape index (κ2) is 5.59. The van der Waals surface area contributed by atoms with Crippen LogP contribution in [0.1, 0.15) is 68.2 Å². The summed E-state index contributed by atoms with van der Waals surface area (Å²) in [6.07, 6.45) is 1.49. The third-order valence-corrected chi connectivity index (χ3v) is 3.79. The third kappa shape index (κ3) is 4.43. The minimum absolute atomic E-state index is 0.0215. The monoisotopic (exact) mass is 298 g/mol. The molecule has 0 unspecified atom stereocenters. The third-order valence-electron chi connectivity index (χ3n) is 3.79. The molecule has 1 rings (SSSR count). The van der Waals surface area contributed by atoms with Crippen LogP contribution in [0.4, 0.5) is 0 Å². The van der Waals surface area contributed by atoms with Gasteiger partial charge in [-0.1, -0.05) is 0 Å². The molecule has 0 aromatic rings. The highest BCUT2D eigenvalue weighted by Crippen LogP contribution is 2.39. The molecule has 1 aliphatic rings. The maximum absolute atomic E-state index is 12.2. The van der Waals surface area contributed by atoms with E-state index in [4.69, 9.17) is 4.84 Å². The molecular formula is C16H30N2O3. The van der Waals surface area contributed by atoms with Crippen molar-refractivity contribution in [2.45, 2.75) is 85.4 Å². The number of nitrogens with zero attached hydrogens (tertiary/aromatic N) is 1. The maximum Gasteiger partial charge on any atom is 0.330 e. The molecule has 1 heterocycles. The number of hydroxylamine groups is 2. The van der Waals surface area contributed by atoms with Gasteiger partial charge < -0.3 is 10.2 Å². The zero-order valence-corrected chi connectivity index (χ0v) is 14.7. The molecule has 122 valence electrons. The summed E-state index contributed by atoms with van der Waals surface area (Å²) >= 11 is 0. The van der Waals surface area contributed by atoms with Gasteiger partial charge in [0.05, 0.1) is 16.5 Å². The molecule has 21 heavy (non-hydrogen) atoms. The lowest BCUT2D eigenvalue weighted by Crippen LogP contribution is -2.64. The lowest BCUT2D eigenvalue weighted by atomic mass is 9.79. The standard InChI is InChI=1S/C16H30N2O3/c1-11(19)17-12-9-15(5,6)18(16(7,8)10-12)21-13(20)14(2,3)4/h12H,9-10H2,1-8H3,(H,17,19). The number of nitrogens with one attached hydrogen (secondary N) is 1. The van der Waals surface area contributed by atoms with Crippen molar-refractivity contribution in [2.24, 2.45) is 5.41 Å². The van der Waals surface area contributed by atoms with E-state index in [0.717, 1.165) is 12.8 Å². The molecule has 0 aromatic carbocycles. The quantitative estimate of drug-likeness (QED) is 0.851. The second-order valence-corrected chi connectivity index (χ2v) is 8.35. The van der Waals surface area contributed by atoms with Gasteiger partial charge in [0.2, 0.25) is 5.91 Å². The molecule has 5 heteroatoms. The molecule has 0 radical (unpaired) electrons. The SMILES string of the molecule is CC(=O)NC1CC(C)(C)N(OC(=O)C(C)(C)C)C(C)(C)C1. The summed E-state index contributed by atoms with van der Waals surface area (Å²) < 4.78 is 0. The Balaban J connectivity index is 2.95. The van der Waals surface area contributed by atoms with E-state index in [-0.39, 0.29) is 29.0 Å². The molecule has 1 aliphatic heterocycles. The highest BCUT2D eigenvalue weighted by molar-refractivity contribution is 5.75. The van der Waals surface area contributed by atoms with Gasteiger partial charge in [0, 0.05) is 13.0 Å². The van der Waals surface area contributed by atoms with Crippen LogP contribution in [0.5, 0.6) is 0 Å². The smallest absolute Gasteiger partial charge is 0.330 e. The number of amides is 1. The lowest BCUT2D eigenvalue weighted by Gasteiger charge is -2.53. The molecule has 0 saturated carbocycles. The topological polar surface area (TPSA) is 58.6 Å². The number of piperidine rings is 1.